The van der Waals surface area contributed by atoms with Gasteiger partial charge in [0.15, 0.2) is 0 Å². The Kier molecular flexibility index (Phi) is 3.89. The average Bonchev–Trinajstić information content (AvgIpc) is 2.84. The molecule has 2 rings (SSSR count). The molecule has 1 heterocycles. The summed E-state index contributed by atoms with van der Waals surface area (Å²) in [5.41, 5.74) is 6.67. The molecule has 1 aromatic heterocycles. The lowest BCUT2D eigenvalue weighted by atomic mass is 10.2. The number of hydrogen-bond donors (Lipinski definition) is 1. The lowest BCUT2D eigenvalue weighted by molar-refractivity contribution is 0.0786. The Bertz CT molecular complexity index is 554. The van der Waals surface area contributed by atoms with E-state index in [9.17, 15) is 4.79 Å². The van der Waals surface area contributed by atoms with Gasteiger partial charge in [-0.2, -0.15) is 0 Å². The van der Waals surface area contributed by atoms with E-state index < -0.39 is 0 Å². The van der Waals surface area contributed by atoms with Crippen LogP contribution >= 0.6 is 22.9 Å². The van der Waals surface area contributed by atoms with Crippen LogP contribution in [-0.4, -0.2) is 17.9 Å². The monoisotopic (exact) mass is 280 g/mol. The van der Waals surface area contributed by atoms with E-state index in [0.29, 0.717) is 22.8 Å². The van der Waals surface area contributed by atoms with Gasteiger partial charge in [-0.15, -0.1) is 11.3 Å². The van der Waals surface area contributed by atoms with Crippen LogP contribution in [0.4, 0.5) is 5.69 Å². The van der Waals surface area contributed by atoms with Gasteiger partial charge in [-0.3, -0.25) is 4.79 Å². The van der Waals surface area contributed by atoms with Crippen molar-refractivity contribution < 1.29 is 4.79 Å². The van der Waals surface area contributed by atoms with Crippen molar-refractivity contribution in [3.63, 3.8) is 0 Å². The van der Waals surface area contributed by atoms with Crippen molar-refractivity contribution in [1.82, 2.24) is 4.90 Å². The number of halogens is 1. The molecule has 18 heavy (non-hydrogen) atoms. The Hall–Kier alpha value is -1.52. The lowest BCUT2D eigenvalue weighted by Gasteiger charge is -2.16. The van der Waals surface area contributed by atoms with Crippen LogP contribution in [0.5, 0.6) is 0 Å². The molecule has 1 amide bonds. The number of nitrogens with zero attached hydrogens (tertiary/aromatic N) is 1. The molecule has 0 aliphatic carbocycles. The molecule has 0 saturated carbocycles. The normalized spacial score (nSPS) is 10.3. The van der Waals surface area contributed by atoms with Gasteiger partial charge in [-0.25, -0.2) is 0 Å². The van der Waals surface area contributed by atoms with Gasteiger partial charge in [0, 0.05) is 17.5 Å². The first-order chi connectivity index (χ1) is 8.58. The van der Waals surface area contributed by atoms with E-state index in [4.69, 9.17) is 17.3 Å². The molecule has 2 aromatic rings. The summed E-state index contributed by atoms with van der Waals surface area (Å²) >= 11 is 7.46. The third-order valence-corrected chi connectivity index (χ3v) is 3.77. The minimum Gasteiger partial charge on any atom is -0.398 e. The van der Waals surface area contributed by atoms with E-state index in [1.807, 2.05) is 17.5 Å². The van der Waals surface area contributed by atoms with Gasteiger partial charge in [-0.1, -0.05) is 17.7 Å². The molecule has 2 N–H and O–H groups in total. The highest BCUT2D eigenvalue weighted by molar-refractivity contribution is 7.09. The molecule has 0 bridgehead atoms. The first-order valence-corrected chi connectivity index (χ1v) is 6.66. The number of hydrogen-bond acceptors (Lipinski definition) is 3. The zero-order chi connectivity index (χ0) is 13.1. The van der Waals surface area contributed by atoms with Crippen molar-refractivity contribution >= 4 is 34.5 Å². The van der Waals surface area contributed by atoms with Crippen molar-refractivity contribution in [3.8, 4) is 0 Å². The van der Waals surface area contributed by atoms with Crippen LogP contribution < -0.4 is 5.73 Å². The number of benzene rings is 1. The van der Waals surface area contributed by atoms with Crippen molar-refractivity contribution in [2.75, 3.05) is 12.8 Å². The van der Waals surface area contributed by atoms with Gasteiger partial charge >= 0.3 is 0 Å². The first kappa shape index (κ1) is 12.9. The van der Waals surface area contributed by atoms with E-state index in [0.717, 1.165) is 4.88 Å². The van der Waals surface area contributed by atoms with Crippen LogP contribution in [0.15, 0.2) is 35.7 Å². The van der Waals surface area contributed by atoms with Crippen molar-refractivity contribution in [3.05, 3.63) is 51.2 Å². The summed E-state index contributed by atoms with van der Waals surface area (Å²) in [6, 6.07) is 8.91. The topological polar surface area (TPSA) is 46.3 Å². The molecule has 0 spiro atoms. The summed E-state index contributed by atoms with van der Waals surface area (Å²) < 4.78 is 0. The Labute approximate surface area is 115 Å². The third kappa shape index (κ3) is 2.83. The fourth-order valence-electron chi connectivity index (χ4n) is 1.61. The molecule has 0 fully saturated rings. The van der Waals surface area contributed by atoms with Crippen molar-refractivity contribution in [2.24, 2.45) is 0 Å². The standard InChI is InChI=1S/C13H13ClN2OS/c1-16(8-10-3-2-6-18-10)13(17)9-4-5-11(14)12(15)7-9/h2-7H,8,15H2,1H3. The largest absolute Gasteiger partial charge is 0.398 e. The molecule has 0 aliphatic heterocycles. The number of nitrogens with two attached hydrogens (primary N) is 1. The quantitative estimate of drug-likeness (QED) is 0.877. The number of rotatable bonds is 3. The van der Waals surface area contributed by atoms with Crippen LogP contribution in [0.2, 0.25) is 5.02 Å². The maximum Gasteiger partial charge on any atom is 0.253 e. The second kappa shape index (κ2) is 5.42. The van der Waals surface area contributed by atoms with E-state index in [1.165, 1.54) is 0 Å². The Balaban J connectivity index is 2.12. The first-order valence-electron chi connectivity index (χ1n) is 5.41. The van der Waals surface area contributed by atoms with E-state index in [2.05, 4.69) is 0 Å². The van der Waals surface area contributed by atoms with Gasteiger partial charge in [0.05, 0.1) is 17.3 Å². The molecule has 0 radical (unpaired) electrons. The summed E-state index contributed by atoms with van der Waals surface area (Å²) in [5.74, 6) is -0.0632. The maximum absolute atomic E-state index is 12.2. The highest BCUT2D eigenvalue weighted by Crippen LogP contribution is 2.21. The molecule has 0 unspecified atom stereocenters. The van der Waals surface area contributed by atoms with Gasteiger partial charge in [-0.05, 0) is 29.6 Å². The predicted molar refractivity (Wildman–Crippen MR) is 76.0 cm³/mol. The molecule has 0 atom stereocenters. The SMILES string of the molecule is CN(Cc1cccs1)C(=O)c1ccc(Cl)c(N)c1. The fraction of sp³-hybridized carbons (Fsp3) is 0.154. The zero-order valence-electron chi connectivity index (χ0n) is 9.89. The Morgan fingerprint density at radius 1 is 1.44 bits per heavy atom. The number of carbonyl (C=O) groups excluding carboxylic acids is 1. The average molecular weight is 281 g/mol. The second-order valence-electron chi connectivity index (χ2n) is 3.98. The highest BCUT2D eigenvalue weighted by Gasteiger charge is 2.13. The maximum atomic E-state index is 12.2. The minimum atomic E-state index is -0.0632. The van der Waals surface area contributed by atoms with Crippen molar-refractivity contribution in [1.29, 1.82) is 0 Å². The van der Waals surface area contributed by atoms with E-state index >= 15 is 0 Å². The number of carbonyl (C=O) groups is 1. The van der Waals surface area contributed by atoms with E-state index in [-0.39, 0.29) is 5.91 Å². The highest BCUT2D eigenvalue weighted by atomic mass is 35.5. The summed E-state index contributed by atoms with van der Waals surface area (Å²) in [5, 5.41) is 2.46. The van der Waals surface area contributed by atoms with Crippen LogP contribution in [0.1, 0.15) is 15.2 Å². The lowest BCUT2D eigenvalue weighted by Crippen LogP contribution is -2.25. The zero-order valence-corrected chi connectivity index (χ0v) is 11.5. The van der Waals surface area contributed by atoms with Gasteiger partial charge in [0.25, 0.3) is 5.91 Å². The summed E-state index contributed by atoms with van der Waals surface area (Å²) in [7, 11) is 1.77. The molecular weight excluding hydrogens is 268 g/mol. The molecule has 1 aromatic carbocycles. The number of anilines is 1. The molecule has 0 saturated heterocycles. The summed E-state index contributed by atoms with van der Waals surface area (Å²) in [4.78, 5) is 15.0. The van der Waals surface area contributed by atoms with Crippen LogP contribution in [-0.2, 0) is 6.54 Å². The van der Waals surface area contributed by atoms with Crippen molar-refractivity contribution in [2.45, 2.75) is 6.54 Å². The molecule has 0 aliphatic rings. The molecule has 5 heteroatoms. The number of nitrogen functional groups attached to an aromatic ring is 1. The van der Waals surface area contributed by atoms with Crippen LogP contribution in [0.3, 0.4) is 0 Å². The van der Waals surface area contributed by atoms with Gasteiger partial charge in [0.2, 0.25) is 0 Å². The van der Waals surface area contributed by atoms with Crippen LogP contribution in [0, 0.1) is 0 Å². The smallest absolute Gasteiger partial charge is 0.253 e. The minimum absolute atomic E-state index is 0.0632. The summed E-state index contributed by atoms with van der Waals surface area (Å²) in [6.45, 7) is 0.596. The third-order valence-electron chi connectivity index (χ3n) is 2.56. The van der Waals surface area contributed by atoms with Gasteiger partial charge < -0.3 is 10.6 Å². The predicted octanol–water partition coefficient (Wildman–Crippen LogP) is 3.26. The Morgan fingerprint density at radius 2 is 2.22 bits per heavy atom. The second-order valence-corrected chi connectivity index (χ2v) is 5.42. The fourth-order valence-corrected chi connectivity index (χ4v) is 2.48. The van der Waals surface area contributed by atoms with Gasteiger partial charge in [0.1, 0.15) is 0 Å². The van der Waals surface area contributed by atoms with E-state index in [1.54, 1.807) is 41.5 Å². The number of thiophene rings is 1. The van der Waals surface area contributed by atoms with Crippen LogP contribution in [0.25, 0.3) is 0 Å². The summed E-state index contributed by atoms with van der Waals surface area (Å²) in [6.07, 6.45) is 0. The number of amides is 1. The molecular formula is C13H13ClN2OS. The molecule has 94 valence electrons. The Morgan fingerprint density at radius 3 is 2.83 bits per heavy atom. The molecule has 3 nitrogen and oxygen atoms in total.